The second-order valence-electron chi connectivity index (χ2n) is 9.99. The third kappa shape index (κ3) is 11.9. The van der Waals surface area contributed by atoms with E-state index >= 15 is 0 Å². The number of hydrogen-bond acceptors (Lipinski definition) is 6. The summed E-state index contributed by atoms with van der Waals surface area (Å²) in [6, 6.07) is 17.6. The molecule has 0 heterocycles. The number of carbonyl (C=O) groups is 5. The molecule has 2 aromatic rings. The maximum Gasteiger partial charge on any atom is 0.306 e. The molecule has 0 radical (unpaired) electrons. The number of carbonyl (C=O) groups excluding carboxylic acids is 4. The van der Waals surface area contributed by atoms with Gasteiger partial charge >= 0.3 is 11.9 Å². The highest BCUT2D eigenvalue weighted by molar-refractivity contribution is 5.95. The fourth-order valence-electron chi connectivity index (χ4n) is 4.25. The van der Waals surface area contributed by atoms with Gasteiger partial charge in [0.2, 0.25) is 11.8 Å². The van der Waals surface area contributed by atoms with Crippen LogP contribution in [0.3, 0.4) is 0 Å². The Morgan fingerprint density at radius 2 is 1.38 bits per heavy atom. The molecule has 39 heavy (non-hydrogen) atoms. The monoisotopic (exact) mass is 538 g/mol. The molecule has 9 nitrogen and oxygen atoms in total. The van der Waals surface area contributed by atoms with Crippen LogP contribution >= 0.6 is 0 Å². The molecule has 0 spiro atoms. The fourth-order valence-corrected chi connectivity index (χ4v) is 4.25. The van der Waals surface area contributed by atoms with Gasteiger partial charge in [-0.05, 0) is 42.2 Å². The van der Waals surface area contributed by atoms with Crippen LogP contribution in [-0.4, -0.2) is 53.3 Å². The van der Waals surface area contributed by atoms with Crippen molar-refractivity contribution < 1.29 is 33.8 Å². The zero-order valence-corrected chi connectivity index (χ0v) is 22.7. The van der Waals surface area contributed by atoms with Gasteiger partial charge in [-0.1, -0.05) is 74.5 Å². The topological polar surface area (TPSA) is 139 Å². The molecule has 0 aliphatic heterocycles. The first-order valence-corrected chi connectivity index (χ1v) is 13.1. The zero-order valence-electron chi connectivity index (χ0n) is 22.7. The van der Waals surface area contributed by atoms with Crippen LogP contribution in [0.5, 0.6) is 0 Å². The molecule has 0 aliphatic carbocycles. The number of ketones is 1. The highest BCUT2D eigenvalue weighted by Crippen LogP contribution is 2.20. The predicted molar refractivity (Wildman–Crippen MR) is 146 cm³/mol. The van der Waals surface area contributed by atoms with Gasteiger partial charge in [-0.15, -0.1) is 0 Å². The molecular formula is C30H38N2O7. The van der Waals surface area contributed by atoms with E-state index in [0.29, 0.717) is 6.42 Å². The predicted octanol–water partition coefficient (Wildman–Crippen LogP) is 3.10. The minimum atomic E-state index is -1.40. The number of nitrogens with one attached hydrogen (secondary N) is 2. The lowest BCUT2D eigenvalue weighted by Gasteiger charge is -2.24. The highest BCUT2D eigenvalue weighted by atomic mass is 16.5. The average molecular weight is 539 g/mol. The molecule has 9 heteroatoms. The van der Waals surface area contributed by atoms with Gasteiger partial charge in [0.15, 0.2) is 12.4 Å². The Kier molecular flexibility index (Phi) is 12.9. The number of esters is 1. The average Bonchev–Trinajstić information content (AvgIpc) is 2.89. The first-order chi connectivity index (χ1) is 18.5. The number of hydrogen-bond donors (Lipinski definition) is 3. The fraction of sp³-hybridized carbons (Fsp3) is 0.433. The van der Waals surface area contributed by atoms with Crippen LogP contribution in [0.4, 0.5) is 0 Å². The molecule has 0 saturated carbocycles. The Bertz CT molecular complexity index is 1060. The number of ether oxygens (including phenoxy) is 1. The summed E-state index contributed by atoms with van der Waals surface area (Å²) in [6.07, 6.45) is 1.51. The summed E-state index contributed by atoms with van der Waals surface area (Å²) in [5, 5.41) is 14.1. The first kappa shape index (κ1) is 31.2. The van der Waals surface area contributed by atoms with E-state index in [1.165, 1.54) is 6.92 Å². The number of benzene rings is 2. The third-order valence-corrected chi connectivity index (χ3v) is 6.26. The van der Waals surface area contributed by atoms with Gasteiger partial charge in [0, 0.05) is 13.3 Å². The molecule has 2 rings (SSSR count). The van der Waals surface area contributed by atoms with Gasteiger partial charge in [0.25, 0.3) is 0 Å². The van der Waals surface area contributed by atoms with E-state index in [-0.39, 0.29) is 18.3 Å². The third-order valence-electron chi connectivity index (χ3n) is 6.26. The molecule has 0 aromatic heterocycles. The van der Waals surface area contributed by atoms with E-state index in [4.69, 9.17) is 4.74 Å². The van der Waals surface area contributed by atoms with Crippen molar-refractivity contribution >= 4 is 29.5 Å². The lowest BCUT2D eigenvalue weighted by molar-refractivity contribution is -0.149. The molecular weight excluding hydrogens is 500 g/mol. The van der Waals surface area contributed by atoms with Crippen molar-refractivity contribution in [2.45, 2.75) is 65.0 Å². The van der Waals surface area contributed by atoms with Crippen LogP contribution in [-0.2, 0) is 41.6 Å². The van der Waals surface area contributed by atoms with Gasteiger partial charge in [-0.3, -0.25) is 24.0 Å². The van der Waals surface area contributed by atoms with Gasteiger partial charge in [0.1, 0.15) is 12.1 Å². The number of Topliss-reactive ketones (excluding diaryl/α,β-unsaturated/α-hetero) is 1. The molecule has 0 saturated heterocycles. The largest absolute Gasteiger partial charge is 0.481 e. The summed E-state index contributed by atoms with van der Waals surface area (Å²) in [5.41, 5.74) is 2.32. The Morgan fingerprint density at radius 3 is 1.85 bits per heavy atom. The molecule has 2 unspecified atom stereocenters. The Balaban J connectivity index is 1.96. The summed E-state index contributed by atoms with van der Waals surface area (Å²) in [5.74, 6) is -3.87. The Hall–Kier alpha value is -4.01. The van der Waals surface area contributed by atoms with Crippen LogP contribution < -0.4 is 10.6 Å². The normalized spacial score (nSPS) is 12.4. The van der Waals surface area contributed by atoms with Crippen molar-refractivity contribution in [2.75, 3.05) is 6.61 Å². The van der Waals surface area contributed by atoms with Crippen molar-refractivity contribution in [3.05, 3.63) is 71.8 Å². The van der Waals surface area contributed by atoms with Crippen molar-refractivity contribution in [1.82, 2.24) is 10.6 Å². The van der Waals surface area contributed by atoms with Gasteiger partial charge in [-0.25, -0.2) is 0 Å². The van der Waals surface area contributed by atoms with Gasteiger partial charge < -0.3 is 20.5 Å². The summed E-state index contributed by atoms with van der Waals surface area (Å²) >= 11 is 0. The van der Waals surface area contributed by atoms with Crippen molar-refractivity contribution in [1.29, 1.82) is 0 Å². The lowest BCUT2D eigenvalue weighted by Crippen LogP contribution is -2.54. The number of carboxylic acid groups (broad SMARTS) is 1. The maximum atomic E-state index is 12.7. The number of carboxylic acids is 1. The summed E-state index contributed by atoms with van der Waals surface area (Å²) in [7, 11) is 0. The number of rotatable bonds is 16. The molecule has 2 atom stereocenters. The maximum absolute atomic E-state index is 12.7. The van der Waals surface area contributed by atoms with Gasteiger partial charge in [0.05, 0.1) is 6.42 Å². The van der Waals surface area contributed by atoms with Crippen LogP contribution in [0.2, 0.25) is 0 Å². The van der Waals surface area contributed by atoms with Crippen molar-refractivity contribution in [2.24, 2.45) is 11.8 Å². The second-order valence-corrected chi connectivity index (χ2v) is 9.99. The number of aliphatic carboxylic acids is 1. The molecule has 0 aliphatic rings. The molecule has 2 aromatic carbocycles. The highest BCUT2D eigenvalue weighted by Gasteiger charge is 2.30. The number of amides is 2. The van der Waals surface area contributed by atoms with E-state index < -0.39 is 54.6 Å². The lowest BCUT2D eigenvalue weighted by atomic mass is 9.89. The zero-order chi connectivity index (χ0) is 28.8. The van der Waals surface area contributed by atoms with Crippen molar-refractivity contribution in [3.63, 3.8) is 0 Å². The van der Waals surface area contributed by atoms with Crippen LogP contribution in [0.1, 0.15) is 51.2 Å². The standard InChI is InChI=1S/C30H38N2O7/c1-20(2)29(31-21(3)33)30(38)32-25(18-27(35)36)26(34)19-39-28(37)15-14-24(16-22-10-6-4-7-11-22)17-23-12-8-5-9-13-23/h4-13,20,24-25,29H,14-19H2,1-3H3,(H,31,33)(H,32,38)(H,35,36). The molecule has 3 N–H and O–H groups in total. The van der Waals surface area contributed by atoms with E-state index in [1.54, 1.807) is 13.8 Å². The van der Waals surface area contributed by atoms with Crippen LogP contribution in [0.25, 0.3) is 0 Å². The minimum absolute atomic E-state index is 0.0888. The van der Waals surface area contributed by atoms with Crippen LogP contribution in [0.15, 0.2) is 60.7 Å². The molecule has 0 fully saturated rings. The Morgan fingerprint density at radius 1 is 0.846 bits per heavy atom. The first-order valence-electron chi connectivity index (χ1n) is 13.1. The van der Waals surface area contributed by atoms with E-state index in [2.05, 4.69) is 10.6 Å². The minimum Gasteiger partial charge on any atom is -0.481 e. The van der Waals surface area contributed by atoms with Gasteiger partial charge in [-0.2, -0.15) is 0 Å². The SMILES string of the molecule is CC(=O)NC(C(=O)NC(CC(=O)O)C(=O)COC(=O)CCC(Cc1ccccc1)Cc1ccccc1)C(C)C. The summed E-state index contributed by atoms with van der Waals surface area (Å²) in [6.45, 7) is 4.01. The van der Waals surface area contributed by atoms with E-state index in [9.17, 15) is 29.1 Å². The van der Waals surface area contributed by atoms with Crippen LogP contribution in [0, 0.1) is 11.8 Å². The van der Waals surface area contributed by atoms with E-state index in [1.807, 2.05) is 60.7 Å². The quantitative estimate of drug-likeness (QED) is 0.279. The molecule has 0 bridgehead atoms. The van der Waals surface area contributed by atoms with Crippen molar-refractivity contribution in [3.8, 4) is 0 Å². The second kappa shape index (κ2) is 16.1. The van der Waals surface area contributed by atoms with E-state index in [0.717, 1.165) is 24.0 Å². The molecule has 210 valence electrons. The smallest absolute Gasteiger partial charge is 0.306 e. The summed E-state index contributed by atoms with van der Waals surface area (Å²) < 4.78 is 5.17. The molecule has 2 amide bonds. The Labute approximate surface area is 229 Å². The summed E-state index contributed by atoms with van der Waals surface area (Å²) in [4.78, 5) is 60.6.